The molecule has 0 unspecified atom stereocenters. The summed E-state index contributed by atoms with van der Waals surface area (Å²) in [6.45, 7) is 0. The molecule has 4 rings (SSSR count). The summed E-state index contributed by atoms with van der Waals surface area (Å²) >= 11 is 2.95. The molecule has 0 N–H and O–H groups in total. The topological polar surface area (TPSA) is 0 Å². The maximum Gasteiger partial charge on any atom is 0.0401 e. The molecule has 0 saturated heterocycles. The van der Waals surface area contributed by atoms with Crippen molar-refractivity contribution < 1.29 is 0 Å². The van der Waals surface area contributed by atoms with Crippen LogP contribution in [0.15, 0.2) is 119 Å². The van der Waals surface area contributed by atoms with E-state index >= 15 is 0 Å². The maximum absolute atomic E-state index is 3.17. The molecule has 0 fully saturated rings. The second-order valence-electron chi connectivity index (χ2n) is 6.88. The Morgan fingerprint density at radius 3 is 1.21 bits per heavy atom. The van der Waals surface area contributed by atoms with Crippen LogP contribution in [-0.4, -0.2) is 0 Å². The number of rotatable bonds is 2. The van der Waals surface area contributed by atoms with Crippen molar-refractivity contribution in [3.05, 3.63) is 131 Å². The molecular formula is C32H18S2. The van der Waals surface area contributed by atoms with E-state index in [0.29, 0.717) is 0 Å². The molecule has 4 aromatic rings. The van der Waals surface area contributed by atoms with Crippen molar-refractivity contribution in [3.8, 4) is 46.0 Å². The highest BCUT2D eigenvalue weighted by atomic mass is 32.2. The molecule has 0 nitrogen and oxygen atoms in total. The fourth-order valence-electron chi connectivity index (χ4n) is 2.84. The lowest BCUT2D eigenvalue weighted by Gasteiger charge is -1.98. The quantitative estimate of drug-likeness (QED) is 0.225. The van der Waals surface area contributed by atoms with Crippen LogP contribution in [0.25, 0.3) is 0 Å². The first-order valence-electron chi connectivity index (χ1n) is 10.5. The van der Waals surface area contributed by atoms with Gasteiger partial charge in [-0.25, -0.2) is 0 Å². The zero-order valence-electron chi connectivity index (χ0n) is 18.2. The standard InChI is InChI=1S/C32H18S2/c1-3-13-27(14-4-1)23-25-33-31-21-11-9-19-29(31)17-7-8-18-30-20-10-12-22-32(30)34-26-24-28-15-5-2-6-16-28/h1-6,9-16,19-22H. The van der Waals surface area contributed by atoms with Gasteiger partial charge in [-0.15, -0.1) is 0 Å². The smallest absolute Gasteiger partial charge is 0.0401 e. The fourth-order valence-corrected chi connectivity index (χ4v) is 4.15. The van der Waals surface area contributed by atoms with E-state index < -0.39 is 0 Å². The van der Waals surface area contributed by atoms with E-state index in [0.717, 1.165) is 32.0 Å². The normalized spacial score (nSPS) is 9.06. The van der Waals surface area contributed by atoms with Gasteiger partial charge in [0.15, 0.2) is 0 Å². The van der Waals surface area contributed by atoms with Crippen molar-refractivity contribution in [2.45, 2.75) is 9.79 Å². The van der Waals surface area contributed by atoms with Crippen LogP contribution in [0.5, 0.6) is 0 Å². The van der Waals surface area contributed by atoms with E-state index in [1.807, 2.05) is 109 Å². The van der Waals surface area contributed by atoms with Gasteiger partial charge < -0.3 is 0 Å². The predicted octanol–water partition coefficient (Wildman–Crippen LogP) is 7.29. The highest BCUT2D eigenvalue weighted by Gasteiger charge is 1.99. The van der Waals surface area contributed by atoms with Gasteiger partial charge in [0.05, 0.1) is 0 Å². The second-order valence-corrected chi connectivity index (χ2v) is 8.58. The van der Waals surface area contributed by atoms with E-state index in [9.17, 15) is 0 Å². The number of hydrogen-bond acceptors (Lipinski definition) is 2. The minimum Gasteiger partial charge on any atom is -0.0622 e. The Hall–Kier alpha value is -4.18. The molecule has 0 aromatic heterocycles. The Kier molecular flexibility index (Phi) is 8.63. The Morgan fingerprint density at radius 1 is 0.382 bits per heavy atom. The SMILES string of the molecule is C(C#Cc1ccccc1SC#Cc1ccccc1)#Cc1ccccc1SC#Cc1ccccc1. The Balaban J connectivity index is 1.46. The van der Waals surface area contributed by atoms with Gasteiger partial charge in [-0.2, -0.15) is 0 Å². The average Bonchev–Trinajstić information content (AvgIpc) is 2.89. The zero-order chi connectivity index (χ0) is 23.3. The summed E-state index contributed by atoms with van der Waals surface area (Å²) in [5.74, 6) is 18.7. The molecule has 34 heavy (non-hydrogen) atoms. The van der Waals surface area contributed by atoms with Crippen LogP contribution >= 0.6 is 23.5 Å². The monoisotopic (exact) mass is 466 g/mol. The van der Waals surface area contributed by atoms with Crippen molar-refractivity contribution in [3.63, 3.8) is 0 Å². The van der Waals surface area contributed by atoms with Crippen molar-refractivity contribution in [2.24, 2.45) is 0 Å². The third kappa shape index (κ3) is 7.17. The Morgan fingerprint density at radius 2 is 0.765 bits per heavy atom. The second kappa shape index (κ2) is 12.8. The molecule has 0 amide bonds. The minimum atomic E-state index is 0.917. The first-order chi connectivity index (χ1) is 16.9. The molecule has 2 heteroatoms. The minimum absolute atomic E-state index is 0.917. The van der Waals surface area contributed by atoms with Gasteiger partial charge >= 0.3 is 0 Å². The van der Waals surface area contributed by atoms with E-state index in [4.69, 9.17) is 0 Å². The largest absolute Gasteiger partial charge is 0.0622 e. The summed E-state index contributed by atoms with van der Waals surface area (Å²) in [6, 6.07) is 35.9. The summed E-state index contributed by atoms with van der Waals surface area (Å²) in [7, 11) is 0. The van der Waals surface area contributed by atoms with Crippen LogP contribution in [0.4, 0.5) is 0 Å². The number of thioether (sulfide) groups is 2. The average molecular weight is 467 g/mol. The molecule has 158 valence electrons. The van der Waals surface area contributed by atoms with Gasteiger partial charge in [0, 0.05) is 32.0 Å². The van der Waals surface area contributed by atoms with Crippen molar-refractivity contribution in [1.82, 2.24) is 0 Å². The van der Waals surface area contributed by atoms with Gasteiger partial charge in [0.2, 0.25) is 0 Å². The maximum atomic E-state index is 3.17. The van der Waals surface area contributed by atoms with Gasteiger partial charge in [0.1, 0.15) is 0 Å². The van der Waals surface area contributed by atoms with Crippen LogP contribution in [0.1, 0.15) is 22.3 Å². The van der Waals surface area contributed by atoms with Crippen LogP contribution in [-0.2, 0) is 0 Å². The van der Waals surface area contributed by atoms with E-state index in [-0.39, 0.29) is 0 Å². The summed E-state index contributed by atoms with van der Waals surface area (Å²) < 4.78 is 0. The van der Waals surface area contributed by atoms with E-state index in [1.165, 1.54) is 23.5 Å². The number of hydrogen-bond donors (Lipinski definition) is 0. The summed E-state index contributed by atoms with van der Waals surface area (Å²) in [5.41, 5.74) is 3.82. The van der Waals surface area contributed by atoms with Crippen LogP contribution in [0.2, 0.25) is 0 Å². The molecule has 0 aliphatic heterocycles. The van der Waals surface area contributed by atoms with Crippen molar-refractivity contribution >= 4 is 23.5 Å². The summed E-state index contributed by atoms with van der Waals surface area (Å²) in [4.78, 5) is 2.04. The molecule has 0 bridgehead atoms. The molecule has 0 spiro atoms. The zero-order valence-corrected chi connectivity index (χ0v) is 19.8. The van der Waals surface area contributed by atoms with Crippen molar-refractivity contribution in [2.75, 3.05) is 0 Å². The van der Waals surface area contributed by atoms with Crippen LogP contribution < -0.4 is 0 Å². The Labute approximate surface area is 210 Å². The lowest BCUT2D eigenvalue weighted by molar-refractivity contribution is 1.42. The van der Waals surface area contributed by atoms with E-state index in [1.54, 1.807) is 0 Å². The molecule has 4 aromatic carbocycles. The third-order valence-corrected chi connectivity index (χ3v) is 6.05. The highest BCUT2D eigenvalue weighted by molar-refractivity contribution is 8.04. The van der Waals surface area contributed by atoms with Crippen LogP contribution in [0.3, 0.4) is 0 Å². The molecular weight excluding hydrogens is 448 g/mol. The van der Waals surface area contributed by atoms with Gasteiger partial charge in [-0.05, 0) is 94.4 Å². The number of benzene rings is 4. The first kappa shape index (κ1) is 23.0. The third-order valence-electron chi connectivity index (χ3n) is 4.49. The van der Waals surface area contributed by atoms with Crippen molar-refractivity contribution in [1.29, 1.82) is 0 Å². The first-order valence-corrected chi connectivity index (χ1v) is 12.2. The summed E-state index contributed by atoms with van der Waals surface area (Å²) in [6.07, 6.45) is 0. The molecule has 0 atom stereocenters. The highest BCUT2D eigenvalue weighted by Crippen LogP contribution is 2.22. The van der Waals surface area contributed by atoms with E-state index in [2.05, 4.69) is 46.0 Å². The Bertz CT molecular complexity index is 1390. The van der Waals surface area contributed by atoms with Gasteiger partial charge in [-0.1, -0.05) is 84.3 Å². The lowest BCUT2D eigenvalue weighted by atomic mass is 10.2. The van der Waals surface area contributed by atoms with Gasteiger partial charge in [-0.3, -0.25) is 0 Å². The predicted molar refractivity (Wildman–Crippen MR) is 145 cm³/mol. The van der Waals surface area contributed by atoms with Crippen LogP contribution in [0, 0.1) is 46.0 Å². The van der Waals surface area contributed by atoms with Gasteiger partial charge in [0.25, 0.3) is 0 Å². The molecule has 0 radical (unpaired) electrons. The summed E-state index contributed by atoms with van der Waals surface area (Å²) in [5, 5.41) is 6.32. The molecule has 0 aliphatic carbocycles. The molecule has 0 aliphatic rings. The molecule has 0 saturated carbocycles. The fraction of sp³-hybridized carbons (Fsp3) is 0. The molecule has 0 heterocycles. The lowest BCUT2D eigenvalue weighted by Crippen LogP contribution is -1.80.